The van der Waals surface area contributed by atoms with Gasteiger partial charge in [-0.2, -0.15) is 0 Å². The van der Waals surface area contributed by atoms with Crippen molar-refractivity contribution >= 4 is 23.0 Å². The summed E-state index contributed by atoms with van der Waals surface area (Å²) < 4.78 is 0. The maximum atomic E-state index is 12.1. The summed E-state index contributed by atoms with van der Waals surface area (Å²) in [5, 5.41) is 16.3. The third-order valence-corrected chi connectivity index (χ3v) is 5.80. The van der Waals surface area contributed by atoms with E-state index in [1.807, 2.05) is 0 Å². The summed E-state index contributed by atoms with van der Waals surface area (Å²) in [6, 6.07) is 4.86. The minimum absolute atomic E-state index is 0.124. The summed E-state index contributed by atoms with van der Waals surface area (Å²) in [5.41, 5.74) is -0.422. The van der Waals surface area contributed by atoms with Gasteiger partial charge in [0.1, 0.15) is 11.4 Å². The Morgan fingerprint density at radius 3 is 2.07 bits per heavy atom. The van der Waals surface area contributed by atoms with Crippen LogP contribution < -0.4 is 21.5 Å². The van der Waals surface area contributed by atoms with Crippen molar-refractivity contribution in [2.45, 2.75) is 63.8 Å². The number of carbonyl (C=O) groups excluding carboxylic acids is 1. The predicted molar refractivity (Wildman–Crippen MR) is 120 cm³/mol. The van der Waals surface area contributed by atoms with E-state index in [-0.39, 0.29) is 40.3 Å². The second-order valence-corrected chi connectivity index (χ2v) is 8.33. The van der Waals surface area contributed by atoms with Gasteiger partial charge >= 0.3 is 0 Å². The van der Waals surface area contributed by atoms with Crippen LogP contribution in [0, 0.1) is 0 Å². The van der Waals surface area contributed by atoms with Crippen LogP contribution in [-0.4, -0.2) is 36.1 Å². The fourth-order valence-electron chi connectivity index (χ4n) is 4.00. The zero-order valence-corrected chi connectivity index (χ0v) is 17.8. The number of phenols is 1. The van der Waals surface area contributed by atoms with Gasteiger partial charge in [0.05, 0.1) is 11.3 Å². The van der Waals surface area contributed by atoms with E-state index in [0.717, 1.165) is 25.7 Å². The zero-order valence-electron chi connectivity index (χ0n) is 17.8. The summed E-state index contributed by atoms with van der Waals surface area (Å²) in [7, 11) is 3.17. The molecule has 2 aromatic carbocycles. The molecule has 0 unspecified atom stereocenters. The standard InChI is InChI=1S/C18H21N3O4.C5H10/c1-21(2)18(25)11-8-5-9-12(15(11)22)20-14-13(16(23)17(14)24)19-10-6-3-4-7-10;1-2-4-5-3-1/h5,8-10,19-20,22H,3-4,6-7H2,1-2H3;1-5H2. The van der Waals surface area contributed by atoms with Crippen LogP contribution in [0.3, 0.4) is 0 Å². The highest BCUT2D eigenvalue weighted by Crippen LogP contribution is 2.32. The molecular weight excluding hydrogens is 382 g/mol. The SMILES string of the molecule is C1CCCC1.CN(C)C(=O)c1cccc(Nc2c(NC3CCCC3)c(=O)c2=O)c1O. The lowest BCUT2D eigenvalue weighted by molar-refractivity contribution is 0.0824. The molecule has 2 fully saturated rings. The lowest BCUT2D eigenvalue weighted by Crippen LogP contribution is -2.38. The van der Waals surface area contributed by atoms with Crippen LogP contribution in [0.1, 0.15) is 68.1 Å². The van der Waals surface area contributed by atoms with E-state index >= 15 is 0 Å². The number of amides is 1. The van der Waals surface area contributed by atoms with E-state index in [9.17, 15) is 19.5 Å². The number of carbonyl (C=O) groups is 1. The number of para-hydroxylation sites is 1. The fourth-order valence-corrected chi connectivity index (χ4v) is 4.00. The molecule has 30 heavy (non-hydrogen) atoms. The van der Waals surface area contributed by atoms with Gasteiger partial charge in [-0.15, -0.1) is 0 Å². The summed E-state index contributed by atoms with van der Waals surface area (Å²) in [4.78, 5) is 37.2. The van der Waals surface area contributed by atoms with E-state index in [2.05, 4.69) is 10.6 Å². The Bertz CT molecular complexity index is 942. The first-order chi connectivity index (χ1) is 14.4. The third-order valence-electron chi connectivity index (χ3n) is 5.80. The van der Waals surface area contributed by atoms with Gasteiger partial charge in [-0.25, -0.2) is 0 Å². The molecule has 2 aliphatic rings. The van der Waals surface area contributed by atoms with Crippen LogP contribution in [0.5, 0.6) is 5.75 Å². The van der Waals surface area contributed by atoms with Crippen molar-refractivity contribution in [3.63, 3.8) is 0 Å². The van der Waals surface area contributed by atoms with Gasteiger partial charge in [0.25, 0.3) is 16.8 Å². The number of nitrogens with zero attached hydrogens (tertiary/aromatic N) is 1. The first kappa shape index (κ1) is 21.9. The van der Waals surface area contributed by atoms with Crippen LogP contribution in [0.4, 0.5) is 17.1 Å². The van der Waals surface area contributed by atoms with Gasteiger partial charge in [-0.05, 0) is 25.0 Å². The molecule has 0 atom stereocenters. The minimum atomic E-state index is -0.621. The topological polar surface area (TPSA) is 98.7 Å². The lowest BCUT2D eigenvalue weighted by atomic mass is 10.1. The van der Waals surface area contributed by atoms with E-state index in [1.54, 1.807) is 26.2 Å². The van der Waals surface area contributed by atoms with Gasteiger partial charge < -0.3 is 20.6 Å². The molecule has 2 aromatic rings. The summed E-state index contributed by atoms with van der Waals surface area (Å²) >= 11 is 0. The Morgan fingerprint density at radius 1 is 0.933 bits per heavy atom. The Kier molecular flexibility index (Phi) is 7.13. The quantitative estimate of drug-likeness (QED) is 0.510. The molecule has 7 heteroatoms. The van der Waals surface area contributed by atoms with Gasteiger partial charge in [0.15, 0.2) is 5.75 Å². The largest absolute Gasteiger partial charge is 0.505 e. The number of aromatic hydroxyl groups is 1. The van der Waals surface area contributed by atoms with E-state index in [0.29, 0.717) is 0 Å². The molecule has 3 N–H and O–H groups in total. The number of rotatable bonds is 5. The van der Waals surface area contributed by atoms with Gasteiger partial charge in [-0.1, -0.05) is 51.0 Å². The molecule has 0 bridgehead atoms. The van der Waals surface area contributed by atoms with Crippen molar-refractivity contribution in [3.8, 4) is 5.75 Å². The maximum Gasteiger partial charge on any atom is 0.257 e. The molecule has 2 aliphatic carbocycles. The van der Waals surface area contributed by atoms with Gasteiger partial charge in [-0.3, -0.25) is 14.4 Å². The highest BCUT2D eigenvalue weighted by atomic mass is 16.3. The number of anilines is 3. The molecule has 4 rings (SSSR count). The van der Waals surface area contributed by atoms with Crippen LogP contribution in [0.2, 0.25) is 0 Å². The zero-order chi connectivity index (χ0) is 21.7. The first-order valence-electron chi connectivity index (χ1n) is 10.8. The molecule has 162 valence electrons. The minimum Gasteiger partial charge on any atom is -0.505 e. The van der Waals surface area contributed by atoms with Crippen molar-refractivity contribution in [1.29, 1.82) is 0 Å². The van der Waals surface area contributed by atoms with E-state index in [4.69, 9.17) is 0 Å². The van der Waals surface area contributed by atoms with Crippen molar-refractivity contribution in [2.24, 2.45) is 0 Å². The third kappa shape index (κ3) is 4.83. The second kappa shape index (κ2) is 9.78. The maximum absolute atomic E-state index is 12.1. The Hall–Kier alpha value is -2.83. The van der Waals surface area contributed by atoms with Crippen LogP contribution >= 0.6 is 0 Å². The summed E-state index contributed by atoms with van der Waals surface area (Å²) in [6.07, 6.45) is 11.6. The average Bonchev–Trinajstić information content (AvgIpc) is 3.47. The molecule has 0 heterocycles. The number of hydrogen-bond donors (Lipinski definition) is 3. The van der Waals surface area contributed by atoms with Gasteiger partial charge in [0, 0.05) is 20.1 Å². The van der Waals surface area contributed by atoms with Crippen LogP contribution in [-0.2, 0) is 0 Å². The highest BCUT2D eigenvalue weighted by Gasteiger charge is 2.26. The molecule has 1 amide bonds. The molecule has 0 spiro atoms. The highest BCUT2D eigenvalue weighted by molar-refractivity contribution is 5.99. The molecule has 0 aliphatic heterocycles. The average molecular weight is 414 g/mol. The Morgan fingerprint density at radius 2 is 1.50 bits per heavy atom. The Labute approximate surface area is 176 Å². The molecular formula is C23H31N3O4. The molecule has 0 aromatic heterocycles. The number of benzene rings is 1. The van der Waals surface area contributed by atoms with E-state index < -0.39 is 10.9 Å². The fraction of sp³-hybridized carbons (Fsp3) is 0.522. The van der Waals surface area contributed by atoms with E-state index in [1.165, 1.54) is 43.1 Å². The summed E-state index contributed by atoms with van der Waals surface area (Å²) in [6.45, 7) is 0. The van der Waals surface area contributed by atoms with Crippen LogP contribution in [0.15, 0.2) is 27.8 Å². The normalized spacial score (nSPS) is 16.2. The lowest BCUT2D eigenvalue weighted by Gasteiger charge is -2.20. The van der Waals surface area contributed by atoms with Crippen molar-refractivity contribution < 1.29 is 9.90 Å². The number of phenolic OH excluding ortho intramolecular Hbond substituents is 1. The Balaban J connectivity index is 0.000000448. The first-order valence-corrected chi connectivity index (χ1v) is 10.8. The molecule has 2 saturated carbocycles. The molecule has 7 nitrogen and oxygen atoms in total. The predicted octanol–water partition coefficient (Wildman–Crippen LogP) is 3.74. The van der Waals surface area contributed by atoms with Crippen molar-refractivity contribution in [2.75, 3.05) is 24.7 Å². The summed E-state index contributed by atoms with van der Waals surface area (Å²) in [5.74, 6) is -0.600. The smallest absolute Gasteiger partial charge is 0.257 e. The van der Waals surface area contributed by atoms with Crippen molar-refractivity contribution in [3.05, 3.63) is 44.2 Å². The monoisotopic (exact) mass is 413 g/mol. The number of hydrogen-bond acceptors (Lipinski definition) is 6. The van der Waals surface area contributed by atoms with Crippen molar-refractivity contribution in [1.82, 2.24) is 4.90 Å². The second-order valence-electron chi connectivity index (χ2n) is 8.33. The molecule has 0 saturated heterocycles. The van der Waals surface area contributed by atoms with Crippen LogP contribution in [0.25, 0.3) is 0 Å². The number of nitrogens with one attached hydrogen (secondary N) is 2. The van der Waals surface area contributed by atoms with Gasteiger partial charge in [0.2, 0.25) is 0 Å². The molecule has 0 radical (unpaired) electrons.